The zero-order valence-electron chi connectivity index (χ0n) is 9.76. The van der Waals surface area contributed by atoms with Crippen molar-refractivity contribution in [2.24, 2.45) is 0 Å². The molecule has 1 unspecified atom stereocenters. The van der Waals surface area contributed by atoms with E-state index in [4.69, 9.17) is 14.6 Å². The average molecular weight is 263 g/mol. The first-order valence-electron chi connectivity index (χ1n) is 5.49. The molecule has 1 heterocycles. The van der Waals surface area contributed by atoms with Crippen molar-refractivity contribution in [3.8, 4) is 0 Å². The summed E-state index contributed by atoms with van der Waals surface area (Å²) in [6.07, 6.45) is -0.572. The molecule has 7 heteroatoms. The second-order valence-electron chi connectivity index (χ2n) is 3.37. The molecule has 0 aromatic rings. The Bertz CT molecular complexity index is 273. The molecule has 1 amide bonds. The highest BCUT2D eigenvalue weighted by Crippen LogP contribution is 2.18. The Morgan fingerprint density at radius 3 is 2.88 bits per heavy atom. The third-order valence-electron chi connectivity index (χ3n) is 2.24. The number of aliphatic hydroxyl groups excluding tert-OH is 1. The predicted octanol–water partition coefficient (Wildman–Crippen LogP) is 0.0958. The van der Waals surface area contributed by atoms with Crippen molar-refractivity contribution in [1.82, 2.24) is 4.90 Å². The van der Waals surface area contributed by atoms with E-state index in [1.807, 2.05) is 0 Å². The molecule has 1 N–H and O–H groups in total. The summed E-state index contributed by atoms with van der Waals surface area (Å²) in [5, 5.41) is 8.58. The molecule has 1 aliphatic rings. The Hall–Kier alpha value is -0.950. The number of carbonyl (C=O) groups excluding carboxylic acids is 2. The summed E-state index contributed by atoms with van der Waals surface area (Å²) in [7, 11) is 0. The van der Waals surface area contributed by atoms with Gasteiger partial charge in [0.15, 0.2) is 0 Å². The summed E-state index contributed by atoms with van der Waals surface area (Å²) in [6.45, 7) is 2.19. The molecule has 0 saturated carbocycles. The van der Waals surface area contributed by atoms with Crippen LogP contribution in [0.15, 0.2) is 0 Å². The second-order valence-corrected chi connectivity index (χ2v) is 4.52. The average Bonchev–Trinajstić information content (AvgIpc) is 2.36. The van der Waals surface area contributed by atoms with Crippen molar-refractivity contribution in [3.63, 3.8) is 0 Å². The summed E-state index contributed by atoms with van der Waals surface area (Å²) >= 11 is 1.60. The Morgan fingerprint density at radius 1 is 1.47 bits per heavy atom. The van der Waals surface area contributed by atoms with Crippen LogP contribution in [0, 0.1) is 0 Å². The minimum absolute atomic E-state index is 0.0575. The monoisotopic (exact) mass is 263 g/mol. The largest absolute Gasteiger partial charge is 0.464 e. The van der Waals surface area contributed by atoms with Gasteiger partial charge in [-0.25, -0.2) is 9.59 Å². The van der Waals surface area contributed by atoms with Crippen molar-refractivity contribution < 1.29 is 24.2 Å². The smallest absolute Gasteiger partial charge is 0.410 e. The number of amides is 1. The van der Waals surface area contributed by atoms with E-state index in [-0.39, 0.29) is 13.2 Å². The van der Waals surface area contributed by atoms with Crippen molar-refractivity contribution in [1.29, 1.82) is 0 Å². The molecule has 1 aliphatic heterocycles. The number of ether oxygens (including phenoxy) is 2. The van der Waals surface area contributed by atoms with E-state index in [2.05, 4.69) is 0 Å². The fourth-order valence-electron chi connectivity index (χ4n) is 1.47. The third-order valence-corrected chi connectivity index (χ3v) is 3.26. The van der Waals surface area contributed by atoms with E-state index in [1.54, 1.807) is 18.7 Å². The molecule has 1 saturated heterocycles. The van der Waals surface area contributed by atoms with Crippen LogP contribution in [0.3, 0.4) is 0 Å². The summed E-state index contributed by atoms with van der Waals surface area (Å²) in [5.41, 5.74) is 0. The van der Waals surface area contributed by atoms with Crippen LogP contribution in [0.2, 0.25) is 0 Å². The van der Waals surface area contributed by atoms with E-state index in [0.717, 1.165) is 5.75 Å². The molecule has 1 rings (SSSR count). The molecule has 1 atom stereocenters. The van der Waals surface area contributed by atoms with Gasteiger partial charge in [-0.1, -0.05) is 0 Å². The first-order valence-corrected chi connectivity index (χ1v) is 6.64. The normalized spacial score (nSPS) is 19.9. The maximum absolute atomic E-state index is 11.7. The first kappa shape index (κ1) is 14.1. The van der Waals surface area contributed by atoms with Gasteiger partial charge >= 0.3 is 12.1 Å². The molecule has 0 spiro atoms. The molecule has 0 aromatic heterocycles. The summed E-state index contributed by atoms with van der Waals surface area (Å²) in [4.78, 5) is 24.7. The Morgan fingerprint density at radius 2 is 2.24 bits per heavy atom. The Balaban J connectivity index is 2.58. The van der Waals surface area contributed by atoms with Crippen molar-refractivity contribution >= 4 is 23.8 Å². The van der Waals surface area contributed by atoms with Crippen LogP contribution in [0.1, 0.15) is 6.92 Å². The number of esters is 1. The van der Waals surface area contributed by atoms with Gasteiger partial charge < -0.3 is 14.6 Å². The lowest BCUT2D eigenvalue weighted by Gasteiger charge is -2.32. The van der Waals surface area contributed by atoms with Crippen LogP contribution in [-0.2, 0) is 14.3 Å². The molecule has 0 aromatic carbocycles. The lowest BCUT2D eigenvalue weighted by atomic mass is 10.3. The van der Waals surface area contributed by atoms with Gasteiger partial charge in [0, 0.05) is 18.1 Å². The molecule has 98 valence electrons. The first-order chi connectivity index (χ1) is 8.20. The third kappa shape index (κ3) is 4.08. The minimum atomic E-state index is -0.583. The number of nitrogens with zero attached hydrogens (tertiary/aromatic N) is 1. The fraction of sp³-hybridized carbons (Fsp3) is 0.800. The van der Waals surface area contributed by atoms with E-state index in [1.165, 1.54) is 4.90 Å². The number of hydrogen-bond acceptors (Lipinski definition) is 6. The lowest BCUT2D eigenvalue weighted by molar-refractivity contribution is -0.148. The van der Waals surface area contributed by atoms with E-state index in [9.17, 15) is 9.59 Å². The van der Waals surface area contributed by atoms with Gasteiger partial charge in [-0.05, 0) is 6.92 Å². The predicted molar refractivity (Wildman–Crippen MR) is 62.9 cm³/mol. The van der Waals surface area contributed by atoms with E-state index < -0.39 is 18.1 Å². The molecule has 0 radical (unpaired) electrons. The van der Waals surface area contributed by atoms with Crippen molar-refractivity contribution in [2.75, 3.05) is 37.9 Å². The number of thioether (sulfide) groups is 1. The van der Waals surface area contributed by atoms with Crippen LogP contribution in [0.25, 0.3) is 0 Å². The van der Waals surface area contributed by atoms with Crippen molar-refractivity contribution in [3.05, 3.63) is 0 Å². The molecule has 17 heavy (non-hydrogen) atoms. The van der Waals surface area contributed by atoms with Gasteiger partial charge in [0.25, 0.3) is 0 Å². The highest BCUT2D eigenvalue weighted by molar-refractivity contribution is 7.99. The number of aliphatic hydroxyl groups is 1. The summed E-state index contributed by atoms with van der Waals surface area (Å²) < 4.78 is 9.72. The molecule has 0 bridgehead atoms. The highest BCUT2D eigenvalue weighted by atomic mass is 32.2. The molecule has 6 nitrogen and oxygen atoms in total. The lowest BCUT2D eigenvalue weighted by Crippen LogP contribution is -2.51. The Kier molecular flexibility index (Phi) is 6.13. The Labute approximate surface area is 104 Å². The highest BCUT2D eigenvalue weighted by Gasteiger charge is 2.34. The van der Waals surface area contributed by atoms with Gasteiger partial charge in [0.1, 0.15) is 12.6 Å². The minimum Gasteiger partial charge on any atom is -0.464 e. The quantitative estimate of drug-likeness (QED) is 0.725. The standard InChI is InChI=1S/C10H17NO5S/c1-2-15-9(13)8-7-17-6-3-11(8)10(14)16-5-4-12/h8,12H,2-7H2,1H3. The van der Waals surface area contributed by atoms with Gasteiger partial charge in [-0.15, -0.1) is 0 Å². The molecule has 0 aliphatic carbocycles. The summed E-state index contributed by atoms with van der Waals surface area (Å²) in [6, 6.07) is -0.583. The van der Waals surface area contributed by atoms with Crippen LogP contribution in [0.5, 0.6) is 0 Å². The van der Waals surface area contributed by atoms with Crippen LogP contribution in [0.4, 0.5) is 4.79 Å². The van der Waals surface area contributed by atoms with Gasteiger partial charge in [0.2, 0.25) is 0 Å². The maximum Gasteiger partial charge on any atom is 0.410 e. The SMILES string of the molecule is CCOC(=O)C1CSCCN1C(=O)OCCO. The van der Waals surface area contributed by atoms with E-state index in [0.29, 0.717) is 18.9 Å². The summed E-state index contributed by atoms with van der Waals surface area (Å²) in [5.74, 6) is 0.887. The number of hydrogen-bond donors (Lipinski definition) is 1. The zero-order valence-corrected chi connectivity index (χ0v) is 10.6. The molecule has 1 fully saturated rings. The maximum atomic E-state index is 11.7. The van der Waals surface area contributed by atoms with Gasteiger partial charge in [0.05, 0.1) is 13.2 Å². The van der Waals surface area contributed by atoms with Crippen LogP contribution < -0.4 is 0 Å². The number of carbonyl (C=O) groups is 2. The molecular formula is C10H17NO5S. The fourth-order valence-corrected chi connectivity index (χ4v) is 2.50. The van der Waals surface area contributed by atoms with E-state index >= 15 is 0 Å². The van der Waals surface area contributed by atoms with Crippen LogP contribution in [-0.4, -0.2) is 66.0 Å². The van der Waals surface area contributed by atoms with Crippen molar-refractivity contribution in [2.45, 2.75) is 13.0 Å². The second kappa shape index (κ2) is 7.39. The van der Waals surface area contributed by atoms with Gasteiger partial charge in [-0.2, -0.15) is 11.8 Å². The number of rotatable bonds is 4. The van der Waals surface area contributed by atoms with Crippen LogP contribution >= 0.6 is 11.8 Å². The van der Waals surface area contributed by atoms with Gasteiger partial charge in [-0.3, -0.25) is 4.90 Å². The molecular weight excluding hydrogens is 246 g/mol. The topological polar surface area (TPSA) is 76.1 Å². The zero-order chi connectivity index (χ0) is 12.7.